The number of rotatable bonds is 7. The Balaban J connectivity index is 1.09. The lowest BCUT2D eigenvalue weighted by molar-refractivity contribution is 0.769. The monoisotopic (exact) mass is 800 g/mol. The molecular weight excluding hydrogens is 761 g/mol. The lowest BCUT2D eigenvalue weighted by Gasteiger charge is -2.34. The smallest absolute Gasteiger partial charge is 0.161 e. The normalized spacial score (nSPS) is 12.6. The molecule has 10 aromatic carbocycles. The summed E-state index contributed by atoms with van der Waals surface area (Å²) in [6.45, 7) is 0. The Kier molecular flexibility index (Phi) is 8.76. The topological polar surface area (TPSA) is 25.8 Å². The van der Waals surface area contributed by atoms with E-state index >= 15 is 0 Å². The van der Waals surface area contributed by atoms with Crippen molar-refractivity contribution in [3.63, 3.8) is 0 Å². The van der Waals surface area contributed by atoms with Crippen LogP contribution in [0.2, 0.25) is 0 Å². The van der Waals surface area contributed by atoms with Gasteiger partial charge in [0.2, 0.25) is 0 Å². The third-order valence-corrected chi connectivity index (χ3v) is 13.0. The standard InChI is InChI=1S/C61H40N2/c1-5-18-41(19-6-1)42-32-34-45(35-33-42)57-40-56(44-21-7-2-8-22-44)62-60(63-57)53-38-37-51(49-28-15-16-29-50(49)53)52-30-17-31-54-59(52)58-48-27-14-13-20-43(48)36-39-55(58)61(54,46-23-9-3-10-24-46)47-25-11-4-12-26-47/h1-40H. The van der Waals surface area contributed by atoms with E-state index in [9.17, 15) is 0 Å². The fraction of sp³-hybridized carbons (Fsp3) is 0.0164. The Morgan fingerprint density at radius 2 is 0.762 bits per heavy atom. The van der Waals surface area contributed by atoms with Gasteiger partial charge >= 0.3 is 0 Å². The highest BCUT2D eigenvalue weighted by Gasteiger charge is 2.47. The van der Waals surface area contributed by atoms with Crippen LogP contribution in [-0.2, 0) is 5.41 Å². The van der Waals surface area contributed by atoms with Gasteiger partial charge in [0.05, 0.1) is 16.8 Å². The molecule has 0 unspecified atom stereocenters. The molecule has 0 fully saturated rings. The van der Waals surface area contributed by atoms with Crippen molar-refractivity contribution in [2.45, 2.75) is 5.41 Å². The van der Waals surface area contributed by atoms with Crippen LogP contribution in [0.4, 0.5) is 0 Å². The molecule has 0 N–H and O–H groups in total. The summed E-state index contributed by atoms with van der Waals surface area (Å²) < 4.78 is 0. The first-order chi connectivity index (χ1) is 31.3. The van der Waals surface area contributed by atoms with Crippen molar-refractivity contribution in [1.82, 2.24) is 9.97 Å². The van der Waals surface area contributed by atoms with Gasteiger partial charge in [-0.2, -0.15) is 0 Å². The molecule has 2 heteroatoms. The molecule has 1 aliphatic carbocycles. The highest BCUT2D eigenvalue weighted by Crippen LogP contribution is 2.60. The SMILES string of the molecule is c1ccc(-c2ccc(-c3cc(-c4ccccc4)nc(-c4ccc(-c5cccc6c5-c5c(ccc7ccccc57)C6(c5ccccc5)c5ccccc5)c5ccccc45)n3)cc2)cc1. The average Bonchev–Trinajstić information content (AvgIpc) is 3.69. The van der Waals surface area contributed by atoms with Crippen LogP contribution in [0, 0.1) is 0 Å². The molecule has 0 aliphatic heterocycles. The molecular formula is C61H40N2. The molecule has 11 aromatic rings. The number of aromatic nitrogens is 2. The van der Waals surface area contributed by atoms with E-state index in [1.54, 1.807) is 0 Å². The lowest BCUT2D eigenvalue weighted by atomic mass is 9.67. The second kappa shape index (κ2) is 15.1. The summed E-state index contributed by atoms with van der Waals surface area (Å²) in [6, 6.07) is 87.7. The molecule has 0 atom stereocenters. The van der Waals surface area contributed by atoms with E-state index in [0.29, 0.717) is 5.82 Å². The third kappa shape index (κ3) is 5.95. The van der Waals surface area contributed by atoms with Crippen LogP contribution in [0.5, 0.6) is 0 Å². The van der Waals surface area contributed by atoms with Crippen LogP contribution in [0.1, 0.15) is 22.3 Å². The van der Waals surface area contributed by atoms with Gasteiger partial charge in [-0.1, -0.05) is 231 Å². The molecule has 294 valence electrons. The first-order valence-electron chi connectivity index (χ1n) is 21.7. The van der Waals surface area contributed by atoms with E-state index in [1.807, 2.05) is 6.07 Å². The van der Waals surface area contributed by atoms with E-state index in [1.165, 1.54) is 66.4 Å². The van der Waals surface area contributed by atoms with Crippen LogP contribution < -0.4 is 0 Å². The summed E-state index contributed by atoms with van der Waals surface area (Å²) >= 11 is 0. The molecule has 12 rings (SSSR count). The fourth-order valence-electron chi connectivity index (χ4n) is 10.2. The zero-order valence-corrected chi connectivity index (χ0v) is 34.5. The maximum atomic E-state index is 5.35. The summed E-state index contributed by atoms with van der Waals surface area (Å²) in [7, 11) is 0. The summed E-state index contributed by atoms with van der Waals surface area (Å²) in [5, 5.41) is 4.75. The van der Waals surface area contributed by atoms with Gasteiger partial charge in [-0.15, -0.1) is 0 Å². The molecule has 1 aromatic heterocycles. The number of fused-ring (bicyclic) bond motifs is 6. The van der Waals surface area contributed by atoms with Crippen LogP contribution in [0.15, 0.2) is 243 Å². The second-order valence-corrected chi connectivity index (χ2v) is 16.4. The number of hydrogen-bond acceptors (Lipinski definition) is 2. The number of benzene rings is 10. The first kappa shape index (κ1) is 36.6. The molecule has 63 heavy (non-hydrogen) atoms. The van der Waals surface area contributed by atoms with Crippen molar-refractivity contribution in [3.05, 3.63) is 265 Å². The minimum absolute atomic E-state index is 0.523. The van der Waals surface area contributed by atoms with Gasteiger partial charge in [-0.3, -0.25) is 0 Å². The van der Waals surface area contributed by atoms with Gasteiger partial charge in [0.15, 0.2) is 5.82 Å². The van der Waals surface area contributed by atoms with Crippen molar-refractivity contribution < 1.29 is 0 Å². The van der Waals surface area contributed by atoms with Gasteiger partial charge in [0.1, 0.15) is 0 Å². The van der Waals surface area contributed by atoms with E-state index < -0.39 is 5.41 Å². The molecule has 0 spiro atoms. The van der Waals surface area contributed by atoms with Crippen LogP contribution >= 0.6 is 0 Å². The maximum Gasteiger partial charge on any atom is 0.161 e. The molecule has 0 bridgehead atoms. The molecule has 0 saturated carbocycles. The molecule has 0 amide bonds. The van der Waals surface area contributed by atoms with Crippen molar-refractivity contribution in [2.24, 2.45) is 0 Å². The van der Waals surface area contributed by atoms with Crippen molar-refractivity contribution in [1.29, 1.82) is 0 Å². The van der Waals surface area contributed by atoms with E-state index in [2.05, 4.69) is 237 Å². The summed E-state index contributed by atoms with van der Waals surface area (Å²) in [4.78, 5) is 10.7. The Morgan fingerprint density at radius 1 is 0.286 bits per heavy atom. The summed E-state index contributed by atoms with van der Waals surface area (Å²) in [5.74, 6) is 0.697. The highest BCUT2D eigenvalue weighted by molar-refractivity contribution is 6.12. The quantitative estimate of drug-likeness (QED) is 0.160. The number of hydrogen-bond donors (Lipinski definition) is 0. The molecule has 2 nitrogen and oxygen atoms in total. The first-order valence-corrected chi connectivity index (χ1v) is 21.7. The van der Waals surface area contributed by atoms with Crippen molar-refractivity contribution >= 4 is 21.5 Å². The largest absolute Gasteiger partial charge is 0.228 e. The fourth-order valence-corrected chi connectivity index (χ4v) is 10.2. The highest BCUT2D eigenvalue weighted by atomic mass is 14.9. The third-order valence-electron chi connectivity index (χ3n) is 13.0. The Hall–Kier alpha value is -8.20. The molecule has 0 radical (unpaired) electrons. The van der Waals surface area contributed by atoms with Crippen LogP contribution in [-0.4, -0.2) is 9.97 Å². The van der Waals surface area contributed by atoms with Gasteiger partial charge in [0, 0.05) is 16.7 Å². The maximum absolute atomic E-state index is 5.35. The van der Waals surface area contributed by atoms with Crippen LogP contribution in [0.25, 0.3) is 88.8 Å². The predicted octanol–water partition coefficient (Wildman–Crippen LogP) is 15.5. The Morgan fingerprint density at radius 3 is 1.41 bits per heavy atom. The lowest BCUT2D eigenvalue weighted by Crippen LogP contribution is -2.28. The van der Waals surface area contributed by atoms with Crippen LogP contribution in [0.3, 0.4) is 0 Å². The Bertz CT molecular complexity index is 3430. The van der Waals surface area contributed by atoms with Gasteiger partial charge in [-0.25, -0.2) is 9.97 Å². The van der Waals surface area contributed by atoms with Gasteiger partial charge in [0.25, 0.3) is 0 Å². The van der Waals surface area contributed by atoms with E-state index in [-0.39, 0.29) is 0 Å². The molecule has 0 saturated heterocycles. The van der Waals surface area contributed by atoms with Gasteiger partial charge < -0.3 is 0 Å². The number of nitrogens with zero attached hydrogens (tertiary/aromatic N) is 2. The average molecular weight is 801 g/mol. The predicted molar refractivity (Wildman–Crippen MR) is 262 cm³/mol. The Labute approximate surface area is 367 Å². The molecule has 1 heterocycles. The van der Waals surface area contributed by atoms with Crippen molar-refractivity contribution in [2.75, 3.05) is 0 Å². The zero-order chi connectivity index (χ0) is 41.7. The van der Waals surface area contributed by atoms with Gasteiger partial charge in [-0.05, 0) is 89.3 Å². The van der Waals surface area contributed by atoms with Crippen molar-refractivity contribution in [3.8, 4) is 67.3 Å². The molecule has 1 aliphatic rings. The zero-order valence-electron chi connectivity index (χ0n) is 34.5. The second-order valence-electron chi connectivity index (χ2n) is 16.4. The van der Waals surface area contributed by atoms with E-state index in [0.717, 1.165) is 38.9 Å². The van der Waals surface area contributed by atoms with E-state index in [4.69, 9.17) is 9.97 Å². The summed E-state index contributed by atoms with van der Waals surface area (Å²) in [5.41, 5.74) is 16.8. The minimum atomic E-state index is -0.523. The minimum Gasteiger partial charge on any atom is -0.228 e. The summed E-state index contributed by atoms with van der Waals surface area (Å²) in [6.07, 6.45) is 0.